The highest BCUT2D eigenvalue weighted by Gasteiger charge is 2.33. The number of anilines is 1. The highest BCUT2D eigenvalue weighted by atomic mass is 19.4. The zero-order valence-corrected chi connectivity index (χ0v) is 22.1. The lowest BCUT2D eigenvalue weighted by atomic mass is 9.97. The Kier molecular flexibility index (Phi) is 7.16. The van der Waals surface area contributed by atoms with Crippen LogP contribution in [0.5, 0.6) is 0 Å². The molecule has 0 aliphatic carbocycles. The predicted molar refractivity (Wildman–Crippen MR) is 143 cm³/mol. The third-order valence-electron chi connectivity index (χ3n) is 6.93. The summed E-state index contributed by atoms with van der Waals surface area (Å²) in [5.74, 6) is 0.742. The van der Waals surface area contributed by atoms with E-state index >= 15 is 0 Å². The van der Waals surface area contributed by atoms with E-state index in [0.717, 1.165) is 6.07 Å². The van der Waals surface area contributed by atoms with Crippen LogP contribution >= 0.6 is 0 Å². The van der Waals surface area contributed by atoms with Gasteiger partial charge in [0.05, 0.1) is 54.4 Å². The number of ether oxygens (including phenoxy) is 1. The Balaban J connectivity index is 1.69. The molecule has 12 heteroatoms. The molecular formula is C28H26F3N7O2. The van der Waals surface area contributed by atoms with Crippen LogP contribution in [0.3, 0.4) is 0 Å². The molecule has 9 nitrogen and oxygen atoms in total. The Hall–Kier alpha value is -4.50. The first-order valence-electron chi connectivity index (χ1n) is 12.6. The zero-order chi connectivity index (χ0) is 28.6. The van der Waals surface area contributed by atoms with Crippen molar-refractivity contribution in [2.75, 3.05) is 36.6 Å². The van der Waals surface area contributed by atoms with Gasteiger partial charge >= 0.3 is 6.18 Å². The predicted octanol–water partition coefficient (Wildman–Crippen LogP) is 4.50. The van der Waals surface area contributed by atoms with E-state index in [1.807, 2.05) is 11.1 Å². The molecule has 0 spiro atoms. The van der Waals surface area contributed by atoms with Gasteiger partial charge in [0.25, 0.3) is 5.56 Å². The second kappa shape index (κ2) is 10.6. The fourth-order valence-corrected chi connectivity index (χ4v) is 4.96. The maximum atomic E-state index is 13.9. The van der Waals surface area contributed by atoms with E-state index in [1.165, 1.54) is 29.9 Å². The molecule has 0 radical (unpaired) electrons. The smallest absolute Gasteiger partial charge is 0.378 e. The highest BCUT2D eigenvalue weighted by molar-refractivity contribution is 5.98. The van der Waals surface area contributed by atoms with Gasteiger partial charge in [0.15, 0.2) is 0 Å². The van der Waals surface area contributed by atoms with Crippen LogP contribution in [0.2, 0.25) is 0 Å². The number of nitrogens with zero attached hydrogens (tertiary/aromatic N) is 6. The van der Waals surface area contributed by atoms with Crippen molar-refractivity contribution in [3.63, 3.8) is 0 Å². The topological polar surface area (TPSA) is 109 Å². The van der Waals surface area contributed by atoms with Gasteiger partial charge in [0.2, 0.25) is 0 Å². The Bertz CT molecular complexity index is 1670. The summed E-state index contributed by atoms with van der Waals surface area (Å²) < 4.78 is 47.7. The van der Waals surface area contributed by atoms with Gasteiger partial charge in [-0.05, 0) is 50.1 Å². The van der Waals surface area contributed by atoms with E-state index in [2.05, 4.69) is 20.3 Å². The summed E-state index contributed by atoms with van der Waals surface area (Å²) in [6, 6.07) is 8.69. The van der Waals surface area contributed by atoms with Crippen molar-refractivity contribution in [1.82, 2.24) is 19.6 Å². The molecule has 3 aromatic heterocycles. The SMILES string of the molecule is Cc1nc(N[C@H](C)c2cccc(C(F)(F)F)c2C)c2cn(N3CCOCC3)c(=O)c(-c3ccc(C#N)nc3)c2n1. The lowest BCUT2D eigenvalue weighted by molar-refractivity contribution is -0.138. The van der Waals surface area contributed by atoms with Crippen LogP contribution in [0.15, 0.2) is 47.5 Å². The summed E-state index contributed by atoms with van der Waals surface area (Å²) in [7, 11) is 0. The number of nitriles is 1. The number of morpholine rings is 1. The van der Waals surface area contributed by atoms with E-state index < -0.39 is 17.8 Å². The highest BCUT2D eigenvalue weighted by Crippen LogP contribution is 2.36. The number of nitrogens with one attached hydrogen (secondary N) is 1. The number of hydrogen-bond donors (Lipinski definition) is 1. The van der Waals surface area contributed by atoms with Crippen molar-refractivity contribution in [2.45, 2.75) is 33.0 Å². The molecule has 40 heavy (non-hydrogen) atoms. The number of pyridine rings is 2. The lowest BCUT2D eigenvalue weighted by Crippen LogP contribution is -2.49. The van der Waals surface area contributed by atoms with Crippen molar-refractivity contribution in [3.8, 4) is 17.2 Å². The van der Waals surface area contributed by atoms with E-state index in [9.17, 15) is 23.2 Å². The number of aromatic nitrogens is 4. The summed E-state index contributed by atoms with van der Waals surface area (Å²) >= 11 is 0. The van der Waals surface area contributed by atoms with Crippen LogP contribution in [-0.4, -0.2) is 45.9 Å². The van der Waals surface area contributed by atoms with Gasteiger partial charge in [-0.2, -0.15) is 18.4 Å². The summed E-state index contributed by atoms with van der Waals surface area (Å²) in [4.78, 5) is 27.2. The van der Waals surface area contributed by atoms with Gasteiger partial charge in [-0.1, -0.05) is 12.1 Å². The van der Waals surface area contributed by atoms with E-state index in [4.69, 9.17) is 4.74 Å². The first-order chi connectivity index (χ1) is 19.1. The fraction of sp³-hybridized carbons (Fsp3) is 0.321. The number of benzene rings is 1. The average molecular weight is 550 g/mol. The number of alkyl halides is 3. The third-order valence-corrected chi connectivity index (χ3v) is 6.93. The van der Waals surface area contributed by atoms with Crippen LogP contribution in [-0.2, 0) is 10.9 Å². The minimum absolute atomic E-state index is 0.125. The van der Waals surface area contributed by atoms with Gasteiger partial charge < -0.3 is 15.1 Å². The Morgan fingerprint density at radius 3 is 2.52 bits per heavy atom. The molecule has 4 aromatic rings. The molecule has 5 rings (SSSR count). The molecular weight excluding hydrogens is 523 g/mol. The zero-order valence-electron chi connectivity index (χ0n) is 22.1. The van der Waals surface area contributed by atoms with Crippen molar-refractivity contribution >= 4 is 16.7 Å². The normalized spacial score (nSPS) is 14.7. The number of hydrogen-bond acceptors (Lipinski definition) is 8. The molecule has 0 bridgehead atoms. The number of rotatable bonds is 5. The summed E-state index contributed by atoms with van der Waals surface area (Å²) in [5.41, 5.74) is 0.891. The Morgan fingerprint density at radius 1 is 1.12 bits per heavy atom. The molecule has 1 fully saturated rings. The van der Waals surface area contributed by atoms with E-state index in [1.54, 1.807) is 32.2 Å². The average Bonchev–Trinajstić information content (AvgIpc) is 2.93. The largest absolute Gasteiger partial charge is 0.416 e. The first-order valence-corrected chi connectivity index (χ1v) is 12.6. The van der Waals surface area contributed by atoms with Gasteiger partial charge in [-0.15, -0.1) is 0 Å². The second-order valence-electron chi connectivity index (χ2n) is 9.53. The monoisotopic (exact) mass is 549 g/mol. The molecule has 1 aliphatic rings. The van der Waals surface area contributed by atoms with Crippen LogP contribution in [0.4, 0.5) is 19.0 Å². The molecule has 1 atom stereocenters. The quantitative estimate of drug-likeness (QED) is 0.388. The third kappa shape index (κ3) is 5.08. The maximum Gasteiger partial charge on any atom is 0.416 e. The molecule has 0 saturated carbocycles. The van der Waals surface area contributed by atoms with E-state index in [-0.39, 0.29) is 22.4 Å². The molecule has 1 aromatic carbocycles. The van der Waals surface area contributed by atoms with Crippen LogP contribution in [0.1, 0.15) is 41.2 Å². The van der Waals surface area contributed by atoms with Crippen LogP contribution in [0.25, 0.3) is 22.0 Å². The van der Waals surface area contributed by atoms with Gasteiger partial charge in [-0.3, -0.25) is 4.79 Å². The molecule has 1 saturated heterocycles. The van der Waals surface area contributed by atoms with Crippen molar-refractivity contribution in [2.24, 2.45) is 0 Å². The Labute approximate surface area is 227 Å². The lowest BCUT2D eigenvalue weighted by Gasteiger charge is -2.31. The number of fused-ring (bicyclic) bond motifs is 1. The first kappa shape index (κ1) is 27.1. The van der Waals surface area contributed by atoms with Crippen LogP contribution < -0.4 is 15.9 Å². The summed E-state index contributed by atoms with van der Waals surface area (Å²) in [6.45, 7) is 6.73. The summed E-state index contributed by atoms with van der Waals surface area (Å²) in [5, 5.41) is 14.8. The fourth-order valence-electron chi connectivity index (χ4n) is 4.96. The van der Waals surface area contributed by atoms with E-state index in [0.29, 0.717) is 60.0 Å². The molecule has 1 N–H and O–H groups in total. The standard InChI is InChI=1S/C28H26F3N7O2/c1-16-21(5-4-6-23(16)28(29,30)31)17(2)34-26-22-15-38(37-9-11-40-12-10-37)27(39)24(25(22)35-18(3)36-26)19-7-8-20(13-32)33-14-19/h4-8,14-15,17H,9-12H2,1-3H3,(H,34,35,36)/t17-/m1/s1. The summed E-state index contributed by atoms with van der Waals surface area (Å²) in [6.07, 6.45) is -1.37. The molecule has 0 amide bonds. The maximum absolute atomic E-state index is 13.9. The van der Waals surface area contributed by atoms with Crippen molar-refractivity contribution < 1.29 is 17.9 Å². The minimum atomic E-state index is -4.48. The van der Waals surface area contributed by atoms with Crippen molar-refractivity contribution in [1.29, 1.82) is 5.26 Å². The van der Waals surface area contributed by atoms with Gasteiger partial charge in [0.1, 0.15) is 23.4 Å². The Morgan fingerprint density at radius 2 is 1.88 bits per heavy atom. The van der Waals surface area contributed by atoms with Crippen LogP contribution in [0, 0.1) is 25.2 Å². The van der Waals surface area contributed by atoms with Gasteiger partial charge in [0, 0.05) is 18.0 Å². The van der Waals surface area contributed by atoms with Crippen molar-refractivity contribution in [3.05, 3.63) is 81.3 Å². The molecule has 206 valence electrons. The van der Waals surface area contributed by atoms with Gasteiger partial charge in [-0.25, -0.2) is 19.6 Å². The minimum Gasteiger partial charge on any atom is -0.378 e. The second-order valence-corrected chi connectivity index (χ2v) is 9.53. The molecule has 1 aliphatic heterocycles. The molecule has 4 heterocycles. The number of aryl methyl sites for hydroxylation is 1. The number of halogens is 3. The molecule has 0 unspecified atom stereocenters.